The van der Waals surface area contributed by atoms with Gasteiger partial charge in [0.1, 0.15) is 6.04 Å². The molecule has 0 saturated carbocycles. The lowest BCUT2D eigenvalue weighted by Crippen LogP contribution is -2.44. The van der Waals surface area contributed by atoms with Crippen LogP contribution in [0.25, 0.3) is 0 Å². The number of rotatable bonds is 9. The Hall–Kier alpha value is -2.71. The van der Waals surface area contributed by atoms with Crippen LogP contribution in [0.2, 0.25) is 4.34 Å². The van der Waals surface area contributed by atoms with E-state index < -0.39 is 6.04 Å². The van der Waals surface area contributed by atoms with Gasteiger partial charge < -0.3 is 20.3 Å². The summed E-state index contributed by atoms with van der Waals surface area (Å²) < 4.78 is 6.31. The van der Waals surface area contributed by atoms with Crippen LogP contribution in [0.4, 0.5) is 5.69 Å². The molecule has 2 N–H and O–H groups in total. The van der Waals surface area contributed by atoms with E-state index in [2.05, 4.69) is 34.7 Å². The molecule has 0 radical (unpaired) electrons. The molecule has 0 bridgehead atoms. The van der Waals surface area contributed by atoms with Crippen LogP contribution in [-0.4, -0.2) is 49.5 Å². The molecule has 2 aromatic carbocycles. The van der Waals surface area contributed by atoms with Crippen LogP contribution in [0.5, 0.6) is 0 Å². The molecule has 3 aromatic rings. The Kier molecular flexibility index (Phi) is 8.93. The van der Waals surface area contributed by atoms with E-state index in [1.54, 1.807) is 12.1 Å². The van der Waals surface area contributed by atoms with E-state index in [0.29, 0.717) is 28.8 Å². The Morgan fingerprint density at radius 2 is 1.83 bits per heavy atom. The van der Waals surface area contributed by atoms with Gasteiger partial charge in [0.25, 0.3) is 5.91 Å². The van der Waals surface area contributed by atoms with Crippen LogP contribution < -0.4 is 10.6 Å². The van der Waals surface area contributed by atoms with Crippen molar-refractivity contribution < 1.29 is 14.3 Å². The Bertz CT molecular complexity index is 1150. The van der Waals surface area contributed by atoms with Crippen molar-refractivity contribution >= 4 is 40.4 Å². The molecular weight excluding hydrogens is 482 g/mol. The van der Waals surface area contributed by atoms with Crippen LogP contribution >= 0.6 is 22.9 Å². The third-order valence-electron chi connectivity index (χ3n) is 6.08. The highest BCUT2D eigenvalue weighted by Crippen LogP contribution is 2.22. The summed E-state index contributed by atoms with van der Waals surface area (Å²) in [7, 11) is 2.13. The number of ether oxygens (including phenoxy) is 1. The highest BCUT2D eigenvalue weighted by atomic mass is 35.5. The minimum atomic E-state index is -0.746. The third-order valence-corrected chi connectivity index (χ3v) is 7.31. The number of fused-ring (bicyclic) bond motifs is 1. The highest BCUT2D eigenvalue weighted by Gasteiger charge is 2.23. The van der Waals surface area contributed by atoms with Gasteiger partial charge in [-0.3, -0.25) is 9.59 Å². The number of nitrogens with one attached hydrogen (secondary N) is 2. The molecule has 0 aliphatic carbocycles. The predicted octanol–water partition coefficient (Wildman–Crippen LogP) is 4.78. The van der Waals surface area contributed by atoms with Gasteiger partial charge in [-0.05, 0) is 67.3 Å². The molecule has 184 valence electrons. The van der Waals surface area contributed by atoms with Crippen molar-refractivity contribution in [1.82, 2.24) is 10.2 Å². The van der Waals surface area contributed by atoms with E-state index in [0.717, 1.165) is 37.2 Å². The fourth-order valence-electron chi connectivity index (χ4n) is 4.04. The molecule has 8 heteroatoms. The number of thiophene rings is 1. The summed E-state index contributed by atoms with van der Waals surface area (Å²) in [6.45, 7) is 2.80. The molecule has 0 unspecified atom stereocenters. The number of hydrogen-bond donors (Lipinski definition) is 2. The van der Waals surface area contributed by atoms with E-state index in [9.17, 15) is 9.59 Å². The molecule has 1 aliphatic rings. The van der Waals surface area contributed by atoms with Gasteiger partial charge in [0.05, 0.1) is 15.8 Å². The topological polar surface area (TPSA) is 70.7 Å². The first-order valence-electron chi connectivity index (χ1n) is 11.8. The van der Waals surface area contributed by atoms with E-state index in [4.69, 9.17) is 16.3 Å². The Labute approximate surface area is 215 Å². The fourth-order valence-corrected chi connectivity index (χ4v) is 4.99. The van der Waals surface area contributed by atoms with Gasteiger partial charge in [0, 0.05) is 25.4 Å². The van der Waals surface area contributed by atoms with Crippen molar-refractivity contribution in [3.05, 3.63) is 86.6 Å². The molecule has 1 atom stereocenters. The van der Waals surface area contributed by atoms with Gasteiger partial charge in [-0.25, -0.2) is 0 Å². The Morgan fingerprint density at radius 1 is 1.06 bits per heavy atom. The second-order valence-corrected chi connectivity index (χ2v) is 10.4. The van der Waals surface area contributed by atoms with Gasteiger partial charge in [0.15, 0.2) is 0 Å². The average Bonchev–Trinajstić information content (AvgIpc) is 3.22. The third kappa shape index (κ3) is 7.39. The van der Waals surface area contributed by atoms with Gasteiger partial charge >= 0.3 is 0 Å². The summed E-state index contributed by atoms with van der Waals surface area (Å²) in [5.74, 6) is -0.593. The molecule has 6 nitrogen and oxygen atoms in total. The lowest BCUT2D eigenvalue weighted by Gasteiger charge is -2.19. The fraction of sp³-hybridized carbons (Fsp3) is 0.333. The van der Waals surface area contributed by atoms with Gasteiger partial charge in [-0.2, -0.15) is 0 Å². The van der Waals surface area contributed by atoms with E-state index in [-0.39, 0.29) is 11.8 Å². The molecule has 35 heavy (non-hydrogen) atoms. The maximum atomic E-state index is 13.2. The summed E-state index contributed by atoms with van der Waals surface area (Å²) >= 11 is 7.17. The first kappa shape index (κ1) is 25.4. The largest absolute Gasteiger partial charge is 0.377 e. The number of nitrogens with zero attached hydrogens (tertiary/aromatic N) is 1. The van der Waals surface area contributed by atoms with Crippen LogP contribution in [0.3, 0.4) is 0 Å². The zero-order valence-electron chi connectivity index (χ0n) is 19.8. The minimum absolute atomic E-state index is 0.269. The van der Waals surface area contributed by atoms with Crippen LogP contribution in [0, 0.1) is 0 Å². The van der Waals surface area contributed by atoms with E-state index >= 15 is 0 Å². The van der Waals surface area contributed by atoms with Crippen LogP contribution in [0.15, 0.2) is 60.7 Å². The lowest BCUT2D eigenvalue weighted by atomic mass is 10.0. The monoisotopic (exact) mass is 511 g/mol. The van der Waals surface area contributed by atoms with Crippen molar-refractivity contribution in [2.24, 2.45) is 0 Å². The normalized spacial score (nSPS) is 14.6. The van der Waals surface area contributed by atoms with Crippen molar-refractivity contribution in [1.29, 1.82) is 0 Å². The van der Waals surface area contributed by atoms with E-state index in [1.165, 1.54) is 22.5 Å². The van der Waals surface area contributed by atoms with Gasteiger partial charge in [0.2, 0.25) is 5.91 Å². The highest BCUT2D eigenvalue weighted by molar-refractivity contribution is 7.18. The summed E-state index contributed by atoms with van der Waals surface area (Å²) in [6, 6.07) is 18.5. The number of carbonyl (C=O) groups is 2. The average molecular weight is 512 g/mol. The number of hydrogen-bond acceptors (Lipinski definition) is 5. The number of benzene rings is 2. The standard InChI is InChI=1S/C27H30ClN3O3S/c1-31-14-11-20-7-8-22(17-21(20)12-15-31)29-26(32)23(30-27(33)24-9-10-25(28)35-24)13-16-34-18-19-5-3-2-4-6-19/h2-10,17,23H,11-16,18H2,1H3,(H,29,32)(H,30,33)/t23-/m1/s1. The molecule has 0 saturated heterocycles. The van der Waals surface area contributed by atoms with E-state index in [1.807, 2.05) is 36.4 Å². The van der Waals surface area contributed by atoms with Crippen molar-refractivity contribution in [3.63, 3.8) is 0 Å². The molecule has 0 fully saturated rings. The maximum Gasteiger partial charge on any atom is 0.262 e. The van der Waals surface area contributed by atoms with Gasteiger partial charge in [-0.1, -0.05) is 48.0 Å². The second kappa shape index (κ2) is 12.3. The Morgan fingerprint density at radius 3 is 2.57 bits per heavy atom. The number of amides is 2. The lowest BCUT2D eigenvalue weighted by molar-refractivity contribution is -0.118. The first-order valence-corrected chi connectivity index (χ1v) is 13.0. The SMILES string of the molecule is CN1CCc2ccc(NC(=O)[C@@H](CCOCc3ccccc3)NC(=O)c3ccc(Cl)s3)cc2CC1. The predicted molar refractivity (Wildman–Crippen MR) is 141 cm³/mol. The Balaban J connectivity index is 1.41. The smallest absolute Gasteiger partial charge is 0.262 e. The number of halogens is 1. The summed E-state index contributed by atoms with van der Waals surface area (Å²) in [5.41, 5.74) is 4.37. The zero-order chi connectivity index (χ0) is 24.6. The molecule has 1 aliphatic heterocycles. The molecular formula is C27H30ClN3O3S. The number of likely N-dealkylation sites (N-methyl/N-ethyl adjacent to an activating group) is 1. The van der Waals surface area contributed by atoms with Crippen molar-refractivity contribution in [3.8, 4) is 0 Å². The molecule has 2 amide bonds. The van der Waals surface area contributed by atoms with Gasteiger partial charge in [-0.15, -0.1) is 11.3 Å². The molecule has 2 heterocycles. The van der Waals surface area contributed by atoms with Crippen molar-refractivity contribution in [2.45, 2.75) is 31.9 Å². The zero-order valence-corrected chi connectivity index (χ0v) is 21.3. The molecule has 1 aromatic heterocycles. The first-order chi connectivity index (χ1) is 17.0. The number of anilines is 1. The van der Waals surface area contributed by atoms with Crippen molar-refractivity contribution in [2.75, 3.05) is 32.1 Å². The van der Waals surface area contributed by atoms with Crippen LogP contribution in [-0.2, 0) is 29.0 Å². The molecule has 0 spiro atoms. The quantitative estimate of drug-likeness (QED) is 0.406. The number of carbonyl (C=O) groups excluding carboxylic acids is 2. The maximum absolute atomic E-state index is 13.2. The summed E-state index contributed by atoms with van der Waals surface area (Å²) in [5, 5.41) is 5.86. The second-order valence-electron chi connectivity index (χ2n) is 8.73. The molecule has 4 rings (SSSR count). The summed E-state index contributed by atoms with van der Waals surface area (Å²) in [4.78, 5) is 28.8. The van der Waals surface area contributed by atoms with Crippen LogP contribution in [0.1, 0.15) is 32.8 Å². The summed E-state index contributed by atoms with van der Waals surface area (Å²) in [6.07, 6.45) is 2.29. The minimum Gasteiger partial charge on any atom is -0.377 e.